The zero-order chi connectivity index (χ0) is 17.9. The molecule has 0 saturated carbocycles. The summed E-state index contributed by atoms with van der Waals surface area (Å²) < 4.78 is 26.0. The van der Waals surface area contributed by atoms with Crippen LogP contribution in [0.1, 0.15) is 11.3 Å². The van der Waals surface area contributed by atoms with Crippen molar-refractivity contribution >= 4 is 23.6 Å². The highest BCUT2D eigenvalue weighted by molar-refractivity contribution is 6.32. The predicted molar refractivity (Wildman–Crippen MR) is 90.6 cm³/mol. The maximum atomic E-state index is 11.9. The molecule has 26 heavy (non-hydrogen) atoms. The number of carbonyl (C=O) groups excluding carboxylic acids is 1. The maximum Gasteiger partial charge on any atom is 0.331 e. The van der Waals surface area contributed by atoms with Gasteiger partial charge in [-0.05, 0) is 35.9 Å². The molecule has 7 nitrogen and oxygen atoms in total. The molecule has 8 heteroatoms. The number of nitrogens with zero attached hydrogens (tertiary/aromatic N) is 1. The molecular formula is C18H12ClNO6. The molecule has 0 atom stereocenters. The van der Waals surface area contributed by atoms with Crippen LogP contribution in [0.4, 0.5) is 0 Å². The SMILES string of the molecule is O=C(/C=C/c1cc(Cl)c2c(c1)OCO2)OCc1cc(-c2ccco2)on1. The zero-order valence-electron chi connectivity index (χ0n) is 13.3. The number of carbonyl (C=O) groups is 1. The number of benzene rings is 1. The third kappa shape index (κ3) is 3.43. The third-order valence-corrected chi connectivity index (χ3v) is 3.83. The molecule has 2 aromatic heterocycles. The molecule has 0 radical (unpaired) electrons. The van der Waals surface area contributed by atoms with Crippen LogP contribution < -0.4 is 9.47 Å². The Morgan fingerprint density at radius 1 is 1.27 bits per heavy atom. The van der Waals surface area contributed by atoms with Gasteiger partial charge in [-0.25, -0.2) is 4.79 Å². The summed E-state index contributed by atoms with van der Waals surface area (Å²) in [7, 11) is 0. The Hall–Kier alpha value is -3.19. The number of furan rings is 1. The smallest absolute Gasteiger partial charge is 0.331 e. The van der Waals surface area contributed by atoms with Crippen LogP contribution in [0.5, 0.6) is 11.5 Å². The average Bonchev–Trinajstić information content (AvgIpc) is 3.38. The number of hydrogen-bond acceptors (Lipinski definition) is 7. The lowest BCUT2D eigenvalue weighted by Gasteiger charge is -2.01. The van der Waals surface area contributed by atoms with Crippen molar-refractivity contribution < 1.29 is 27.9 Å². The molecule has 0 amide bonds. The van der Waals surface area contributed by atoms with Gasteiger partial charge in [-0.3, -0.25) is 0 Å². The summed E-state index contributed by atoms with van der Waals surface area (Å²) >= 11 is 6.09. The summed E-state index contributed by atoms with van der Waals surface area (Å²) in [5, 5.41) is 4.25. The second kappa shape index (κ2) is 6.97. The van der Waals surface area contributed by atoms with Gasteiger partial charge in [-0.2, -0.15) is 0 Å². The van der Waals surface area contributed by atoms with Crippen LogP contribution in [0.3, 0.4) is 0 Å². The molecular weight excluding hydrogens is 362 g/mol. The van der Waals surface area contributed by atoms with Gasteiger partial charge in [-0.15, -0.1) is 0 Å². The number of fused-ring (bicyclic) bond motifs is 1. The average molecular weight is 374 g/mol. The van der Waals surface area contributed by atoms with E-state index in [1.165, 1.54) is 12.3 Å². The summed E-state index contributed by atoms with van der Waals surface area (Å²) in [6, 6.07) is 8.53. The Labute approximate surface area is 152 Å². The fourth-order valence-electron chi connectivity index (χ4n) is 2.36. The molecule has 1 aromatic carbocycles. The topological polar surface area (TPSA) is 83.9 Å². The first-order chi connectivity index (χ1) is 12.7. The summed E-state index contributed by atoms with van der Waals surface area (Å²) in [5.41, 5.74) is 1.17. The predicted octanol–water partition coefficient (Wildman–Crippen LogP) is 4.07. The minimum Gasteiger partial charge on any atom is -0.461 e. The van der Waals surface area contributed by atoms with Gasteiger partial charge in [0.15, 0.2) is 17.3 Å². The fraction of sp³-hybridized carbons (Fsp3) is 0.111. The lowest BCUT2D eigenvalue weighted by molar-refractivity contribution is -0.139. The number of esters is 1. The van der Waals surface area contributed by atoms with Gasteiger partial charge >= 0.3 is 5.97 Å². The zero-order valence-corrected chi connectivity index (χ0v) is 14.1. The second-order valence-electron chi connectivity index (χ2n) is 5.34. The fourth-order valence-corrected chi connectivity index (χ4v) is 2.63. The van der Waals surface area contributed by atoms with E-state index in [1.54, 1.807) is 36.4 Å². The first kappa shape index (κ1) is 16.3. The molecule has 0 unspecified atom stereocenters. The second-order valence-corrected chi connectivity index (χ2v) is 5.74. The molecule has 0 saturated heterocycles. The van der Waals surface area contributed by atoms with Gasteiger partial charge < -0.3 is 23.2 Å². The van der Waals surface area contributed by atoms with E-state index >= 15 is 0 Å². The van der Waals surface area contributed by atoms with Crippen molar-refractivity contribution in [3.63, 3.8) is 0 Å². The Morgan fingerprint density at radius 2 is 2.19 bits per heavy atom. The molecule has 0 fully saturated rings. The van der Waals surface area contributed by atoms with Gasteiger partial charge in [0.1, 0.15) is 12.3 Å². The Kier molecular flexibility index (Phi) is 4.37. The highest BCUT2D eigenvalue weighted by atomic mass is 35.5. The van der Waals surface area contributed by atoms with Crippen molar-refractivity contribution in [3.05, 3.63) is 59.0 Å². The monoisotopic (exact) mass is 373 g/mol. The van der Waals surface area contributed by atoms with Crippen LogP contribution in [-0.2, 0) is 16.1 Å². The van der Waals surface area contributed by atoms with Crippen LogP contribution >= 0.6 is 11.6 Å². The first-order valence-corrected chi connectivity index (χ1v) is 8.00. The molecule has 4 rings (SSSR count). The summed E-state index contributed by atoms with van der Waals surface area (Å²) in [5.74, 6) is 1.53. The summed E-state index contributed by atoms with van der Waals surface area (Å²) in [6.07, 6.45) is 4.40. The quantitative estimate of drug-likeness (QED) is 0.492. The largest absolute Gasteiger partial charge is 0.461 e. The molecule has 0 aliphatic carbocycles. The standard InChI is InChI=1S/C18H12ClNO6/c19-13-6-11(7-16-18(13)25-10-24-16)3-4-17(21)23-9-12-8-15(26-20-12)14-2-1-5-22-14/h1-8H,9-10H2/b4-3+. The minimum atomic E-state index is -0.527. The van der Waals surface area contributed by atoms with Crippen LogP contribution in [-0.4, -0.2) is 17.9 Å². The molecule has 1 aliphatic rings. The number of rotatable bonds is 5. The van der Waals surface area contributed by atoms with Crippen molar-refractivity contribution in [1.29, 1.82) is 0 Å². The van der Waals surface area contributed by atoms with Crippen molar-refractivity contribution in [1.82, 2.24) is 5.16 Å². The highest BCUT2D eigenvalue weighted by Gasteiger charge is 2.17. The van der Waals surface area contributed by atoms with Gasteiger partial charge in [-0.1, -0.05) is 16.8 Å². The normalized spacial score (nSPS) is 12.7. The molecule has 0 spiro atoms. The molecule has 0 N–H and O–H groups in total. The summed E-state index contributed by atoms with van der Waals surface area (Å²) in [6.45, 7) is 0.108. The minimum absolute atomic E-state index is 0.0186. The van der Waals surface area contributed by atoms with E-state index in [-0.39, 0.29) is 13.4 Å². The van der Waals surface area contributed by atoms with Gasteiger partial charge in [0, 0.05) is 12.1 Å². The molecule has 132 valence electrons. The third-order valence-electron chi connectivity index (χ3n) is 3.55. The van der Waals surface area contributed by atoms with E-state index in [2.05, 4.69) is 5.16 Å². The van der Waals surface area contributed by atoms with Crippen LogP contribution in [0.25, 0.3) is 17.6 Å². The number of hydrogen-bond donors (Lipinski definition) is 0. The molecule has 1 aliphatic heterocycles. The maximum absolute atomic E-state index is 11.9. The lowest BCUT2D eigenvalue weighted by atomic mass is 10.2. The number of ether oxygens (including phenoxy) is 3. The van der Waals surface area contributed by atoms with E-state index in [1.807, 2.05) is 0 Å². The van der Waals surface area contributed by atoms with Gasteiger partial charge in [0.25, 0.3) is 0 Å². The van der Waals surface area contributed by atoms with E-state index in [9.17, 15) is 4.79 Å². The van der Waals surface area contributed by atoms with Crippen LogP contribution in [0.15, 0.2) is 51.6 Å². The summed E-state index contributed by atoms with van der Waals surface area (Å²) in [4.78, 5) is 11.9. The Balaban J connectivity index is 1.36. The van der Waals surface area contributed by atoms with Crippen molar-refractivity contribution in [2.45, 2.75) is 6.61 Å². The Morgan fingerprint density at radius 3 is 3.04 bits per heavy atom. The van der Waals surface area contributed by atoms with E-state index in [0.717, 1.165) is 0 Å². The highest BCUT2D eigenvalue weighted by Crippen LogP contribution is 2.40. The molecule has 3 aromatic rings. The Bertz CT molecular complexity index is 960. The van der Waals surface area contributed by atoms with E-state index in [4.69, 9.17) is 34.8 Å². The van der Waals surface area contributed by atoms with Crippen molar-refractivity contribution in [2.24, 2.45) is 0 Å². The van der Waals surface area contributed by atoms with Crippen molar-refractivity contribution in [3.8, 4) is 23.0 Å². The van der Waals surface area contributed by atoms with E-state index < -0.39 is 5.97 Å². The number of halogens is 1. The first-order valence-electron chi connectivity index (χ1n) is 7.62. The van der Waals surface area contributed by atoms with Gasteiger partial charge in [0.05, 0.1) is 11.3 Å². The van der Waals surface area contributed by atoms with Crippen molar-refractivity contribution in [2.75, 3.05) is 6.79 Å². The lowest BCUT2D eigenvalue weighted by Crippen LogP contribution is -2.00. The number of aromatic nitrogens is 1. The van der Waals surface area contributed by atoms with Gasteiger partial charge in [0.2, 0.25) is 12.6 Å². The molecule has 3 heterocycles. The van der Waals surface area contributed by atoms with Crippen LogP contribution in [0, 0.1) is 0 Å². The van der Waals surface area contributed by atoms with E-state index in [0.29, 0.717) is 39.3 Å². The molecule has 0 bridgehead atoms. The van der Waals surface area contributed by atoms with Crippen LogP contribution in [0.2, 0.25) is 5.02 Å².